The van der Waals surface area contributed by atoms with Gasteiger partial charge in [0.15, 0.2) is 5.12 Å². The molecule has 8 heteroatoms. The molecule has 0 spiro atoms. The van der Waals surface area contributed by atoms with Crippen LogP contribution in [-0.2, 0) is 4.79 Å². The molecule has 102 valence electrons. The molecule has 2 nitrogen and oxygen atoms in total. The molecule has 0 aliphatic carbocycles. The van der Waals surface area contributed by atoms with Gasteiger partial charge in [0, 0.05) is 20.3 Å². The fraction of sp³-hybridized carbons (Fsp3) is 0.889. The number of carbonyl (C=O) groups excluding carboxylic acids is 1. The second-order valence-electron chi connectivity index (χ2n) is 2.57. The summed E-state index contributed by atoms with van der Waals surface area (Å²) in [6.45, 7) is 2.16. The van der Waals surface area contributed by atoms with Crippen molar-refractivity contribution in [3.63, 3.8) is 0 Å². The highest BCUT2D eigenvalue weighted by Gasteiger charge is 2.02. The van der Waals surface area contributed by atoms with Crippen LogP contribution in [0.15, 0.2) is 0 Å². The second kappa shape index (κ2) is 15.8. The molecule has 17 heavy (non-hydrogen) atoms. The molecule has 0 amide bonds. The van der Waals surface area contributed by atoms with Crippen molar-refractivity contribution < 1.29 is 9.90 Å². The topological polar surface area (TPSA) is 37.3 Å². The van der Waals surface area contributed by atoms with E-state index in [9.17, 15) is 4.79 Å². The summed E-state index contributed by atoms with van der Waals surface area (Å²) in [6, 6.07) is 0. The molecule has 1 N–H and O–H groups in total. The van der Waals surface area contributed by atoms with Crippen LogP contribution < -0.4 is 0 Å². The Bertz CT molecular complexity index is 181. The molecular weight excluding hydrogens is 332 g/mol. The van der Waals surface area contributed by atoms with Crippen molar-refractivity contribution in [3.05, 3.63) is 0 Å². The maximum absolute atomic E-state index is 11.4. The fourth-order valence-electron chi connectivity index (χ4n) is 0.639. The zero-order valence-electron chi connectivity index (χ0n) is 9.75. The van der Waals surface area contributed by atoms with Crippen molar-refractivity contribution in [2.45, 2.75) is 6.92 Å². The highest BCUT2D eigenvalue weighted by atomic mass is 32.2. The van der Waals surface area contributed by atoms with E-state index in [2.05, 4.69) is 6.92 Å². The van der Waals surface area contributed by atoms with Crippen molar-refractivity contribution in [3.8, 4) is 0 Å². The third-order valence-corrected chi connectivity index (χ3v) is 8.16. The van der Waals surface area contributed by atoms with Gasteiger partial charge in [-0.15, -0.1) is 47.0 Å². The van der Waals surface area contributed by atoms with Crippen LogP contribution in [0.25, 0.3) is 0 Å². The molecule has 0 rings (SSSR count). The first-order chi connectivity index (χ1) is 8.31. The van der Waals surface area contributed by atoms with E-state index in [1.165, 1.54) is 23.5 Å². The number of hydrogen-bond acceptors (Lipinski definition) is 8. The molecule has 0 aromatic rings. The first-order valence-corrected chi connectivity index (χ1v) is 11.7. The Kier molecular flexibility index (Phi) is 17.4. The van der Waals surface area contributed by atoms with Crippen molar-refractivity contribution in [2.24, 2.45) is 0 Å². The Morgan fingerprint density at radius 2 is 1.59 bits per heavy atom. The largest absolute Gasteiger partial charge is 0.386 e. The van der Waals surface area contributed by atoms with Crippen LogP contribution in [-0.4, -0.2) is 48.0 Å². The minimum absolute atomic E-state index is 0.161. The van der Waals surface area contributed by atoms with Crippen LogP contribution >= 0.6 is 70.6 Å². The van der Waals surface area contributed by atoms with E-state index in [0.717, 1.165) is 26.1 Å². The third-order valence-electron chi connectivity index (χ3n) is 1.32. The van der Waals surface area contributed by atoms with Gasteiger partial charge in [-0.05, 0) is 5.75 Å². The number of hydrogen-bond donors (Lipinski definition) is 1. The standard InChI is InChI=1S/C9H18O2S6/c1-2-12-5-15-6-13-3-9(11)17-8-16-7-14-4-10/h10H,2-8H2,1H3. The summed E-state index contributed by atoms with van der Waals surface area (Å²) in [7, 11) is 0. The molecule has 0 aliphatic rings. The number of rotatable bonds is 12. The number of aliphatic hydroxyl groups is 1. The first-order valence-electron chi connectivity index (χ1n) is 4.96. The maximum atomic E-state index is 11.4. The number of thioether (sulfide) groups is 6. The van der Waals surface area contributed by atoms with Crippen molar-refractivity contribution in [2.75, 3.05) is 37.8 Å². The summed E-state index contributed by atoms with van der Waals surface area (Å²) in [5.74, 6) is 1.94. The Labute approximate surface area is 129 Å². The maximum Gasteiger partial charge on any atom is 0.199 e. The predicted molar refractivity (Wildman–Crippen MR) is 92.5 cm³/mol. The molecule has 0 atom stereocenters. The molecular formula is C9H18O2S6. The quantitative estimate of drug-likeness (QED) is 0.422. The second-order valence-corrected chi connectivity index (χ2v) is 10.3. The van der Waals surface area contributed by atoms with Gasteiger partial charge in [0.1, 0.15) is 0 Å². The van der Waals surface area contributed by atoms with E-state index in [1.807, 2.05) is 23.5 Å². The summed E-state index contributed by atoms with van der Waals surface area (Å²) in [5, 5.41) is 12.6. The van der Waals surface area contributed by atoms with Crippen LogP contribution in [0, 0.1) is 0 Å². The predicted octanol–water partition coefficient (Wildman–Crippen LogP) is 3.71. The Balaban J connectivity index is 3.12. The van der Waals surface area contributed by atoms with E-state index >= 15 is 0 Å². The first kappa shape index (κ1) is 18.7. The Morgan fingerprint density at radius 1 is 0.941 bits per heavy atom. The molecule has 0 aromatic heterocycles. The van der Waals surface area contributed by atoms with Crippen LogP contribution in [0.3, 0.4) is 0 Å². The van der Waals surface area contributed by atoms with E-state index in [-0.39, 0.29) is 11.1 Å². The summed E-state index contributed by atoms with van der Waals surface area (Å²) < 4.78 is 0. The number of carbonyl (C=O) groups is 1. The van der Waals surface area contributed by atoms with Gasteiger partial charge >= 0.3 is 0 Å². The van der Waals surface area contributed by atoms with Gasteiger partial charge in [-0.1, -0.05) is 18.7 Å². The van der Waals surface area contributed by atoms with Crippen molar-refractivity contribution in [1.82, 2.24) is 0 Å². The van der Waals surface area contributed by atoms with E-state index in [4.69, 9.17) is 5.11 Å². The van der Waals surface area contributed by atoms with Crippen LogP contribution in [0.2, 0.25) is 0 Å². The fourth-order valence-corrected chi connectivity index (χ4v) is 6.73. The van der Waals surface area contributed by atoms with Gasteiger partial charge in [-0.2, -0.15) is 11.8 Å². The average molecular weight is 351 g/mol. The highest BCUT2D eigenvalue weighted by molar-refractivity contribution is 8.28. The lowest BCUT2D eigenvalue weighted by Crippen LogP contribution is -1.96. The minimum atomic E-state index is 0.161. The lowest BCUT2D eigenvalue weighted by atomic mass is 10.9. The van der Waals surface area contributed by atoms with Gasteiger partial charge in [-0.25, -0.2) is 0 Å². The van der Waals surface area contributed by atoms with E-state index < -0.39 is 0 Å². The number of aliphatic hydroxyl groups excluding tert-OH is 1. The molecule has 0 fully saturated rings. The minimum Gasteiger partial charge on any atom is -0.386 e. The van der Waals surface area contributed by atoms with Gasteiger partial charge < -0.3 is 5.11 Å². The summed E-state index contributed by atoms with van der Waals surface area (Å²) in [5.41, 5.74) is 0. The smallest absolute Gasteiger partial charge is 0.199 e. The molecule has 0 radical (unpaired) electrons. The normalized spacial score (nSPS) is 10.7. The SMILES string of the molecule is CCSCSCSCC(=O)SCSCSCO. The Hall–Kier alpha value is 1.73. The van der Waals surface area contributed by atoms with E-state index in [1.54, 1.807) is 23.5 Å². The summed E-state index contributed by atoms with van der Waals surface area (Å²) >= 11 is 10.1. The zero-order chi connectivity index (χ0) is 12.8. The lowest BCUT2D eigenvalue weighted by Gasteiger charge is -2.01. The Morgan fingerprint density at radius 3 is 2.29 bits per heavy atom. The van der Waals surface area contributed by atoms with Crippen molar-refractivity contribution in [1.29, 1.82) is 0 Å². The molecule has 0 aliphatic heterocycles. The van der Waals surface area contributed by atoms with Crippen LogP contribution in [0.5, 0.6) is 0 Å². The molecule has 0 saturated heterocycles. The molecule has 0 aromatic carbocycles. The lowest BCUT2D eigenvalue weighted by molar-refractivity contribution is -0.108. The van der Waals surface area contributed by atoms with Gasteiger partial charge in [0.2, 0.25) is 0 Å². The van der Waals surface area contributed by atoms with Crippen LogP contribution in [0.1, 0.15) is 6.92 Å². The molecule has 0 saturated carbocycles. The van der Waals surface area contributed by atoms with Gasteiger partial charge in [-0.3, -0.25) is 4.79 Å². The monoisotopic (exact) mass is 350 g/mol. The molecule has 0 unspecified atom stereocenters. The molecule has 0 heterocycles. The van der Waals surface area contributed by atoms with Gasteiger partial charge in [0.25, 0.3) is 0 Å². The summed E-state index contributed by atoms with van der Waals surface area (Å²) in [6.07, 6.45) is 0. The molecule has 0 bridgehead atoms. The third kappa shape index (κ3) is 15.7. The highest BCUT2D eigenvalue weighted by Crippen LogP contribution is 2.21. The van der Waals surface area contributed by atoms with Crippen molar-refractivity contribution >= 4 is 75.7 Å². The van der Waals surface area contributed by atoms with E-state index in [0.29, 0.717) is 5.75 Å². The van der Waals surface area contributed by atoms with Crippen LogP contribution in [0.4, 0.5) is 0 Å². The summed E-state index contributed by atoms with van der Waals surface area (Å²) in [4.78, 5) is 11.4. The van der Waals surface area contributed by atoms with Gasteiger partial charge in [0.05, 0.1) is 11.7 Å². The average Bonchev–Trinajstić information content (AvgIpc) is 2.33. The zero-order valence-corrected chi connectivity index (χ0v) is 14.7.